The van der Waals surface area contributed by atoms with E-state index in [-0.39, 0.29) is 5.75 Å². The minimum atomic E-state index is 0.132. The van der Waals surface area contributed by atoms with Gasteiger partial charge in [-0.05, 0) is 29.3 Å². The summed E-state index contributed by atoms with van der Waals surface area (Å²) in [6.45, 7) is 0.487. The van der Waals surface area contributed by atoms with Gasteiger partial charge in [0.25, 0.3) is 0 Å². The summed E-state index contributed by atoms with van der Waals surface area (Å²) >= 11 is 0. The van der Waals surface area contributed by atoms with Gasteiger partial charge >= 0.3 is 0 Å². The van der Waals surface area contributed by atoms with Crippen molar-refractivity contribution in [1.29, 1.82) is 0 Å². The quantitative estimate of drug-likeness (QED) is 0.596. The van der Waals surface area contributed by atoms with E-state index in [1.807, 2.05) is 60.7 Å². The van der Waals surface area contributed by atoms with E-state index in [0.717, 1.165) is 27.8 Å². The van der Waals surface area contributed by atoms with E-state index in [4.69, 9.17) is 4.74 Å². The Morgan fingerprint density at radius 1 is 0.920 bits per heavy atom. The second-order valence-corrected chi connectivity index (χ2v) is 5.73. The van der Waals surface area contributed by atoms with E-state index in [9.17, 15) is 5.11 Å². The van der Waals surface area contributed by atoms with Gasteiger partial charge in [0.2, 0.25) is 0 Å². The number of ether oxygens (including phenoxy) is 1. The molecule has 1 aromatic heterocycles. The van der Waals surface area contributed by atoms with E-state index in [1.54, 1.807) is 12.3 Å². The van der Waals surface area contributed by atoms with E-state index in [2.05, 4.69) is 9.97 Å². The Morgan fingerprint density at radius 2 is 1.72 bits per heavy atom. The summed E-state index contributed by atoms with van der Waals surface area (Å²) in [7, 11) is 0. The van der Waals surface area contributed by atoms with Crippen molar-refractivity contribution >= 4 is 10.9 Å². The van der Waals surface area contributed by atoms with Crippen LogP contribution in [0.15, 0.2) is 79.3 Å². The highest BCUT2D eigenvalue weighted by Gasteiger charge is 2.10. The summed E-state index contributed by atoms with van der Waals surface area (Å²) in [5, 5.41) is 11.1. The van der Waals surface area contributed by atoms with Gasteiger partial charge in [0.05, 0.1) is 0 Å². The van der Waals surface area contributed by atoms with Crippen LogP contribution in [0.4, 0.5) is 0 Å². The fourth-order valence-corrected chi connectivity index (χ4v) is 2.81. The Hall–Kier alpha value is -3.40. The topological polar surface area (TPSA) is 55.2 Å². The molecule has 0 saturated carbocycles. The van der Waals surface area contributed by atoms with E-state index in [1.165, 1.54) is 6.33 Å². The van der Waals surface area contributed by atoms with Gasteiger partial charge < -0.3 is 9.84 Å². The summed E-state index contributed by atoms with van der Waals surface area (Å²) in [6.07, 6.45) is 3.12. The van der Waals surface area contributed by atoms with Crippen molar-refractivity contribution in [3.63, 3.8) is 0 Å². The summed E-state index contributed by atoms with van der Waals surface area (Å²) < 4.78 is 6.02. The van der Waals surface area contributed by atoms with Crippen molar-refractivity contribution in [2.24, 2.45) is 0 Å². The van der Waals surface area contributed by atoms with Crippen LogP contribution in [0.1, 0.15) is 5.56 Å². The molecule has 25 heavy (non-hydrogen) atoms. The first-order valence-corrected chi connectivity index (χ1v) is 8.00. The van der Waals surface area contributed by atoms with Crippen molar-refractivity contribution in [2.75, 3.05) is 0 Å². The largest absolute Gasteiger partial charge is 0.506 e. The van der Waals surface area contributed by atoms with Crippen LogP contribution in [0.2, 0.25) is 0 Å². The molecule has 0 atom stereocenters. The predicted octanol–water partition coefficient (Wildman–Crippen LogP) is 4.58. The Morgan fingerprint density at radius 3 is 2.60 bits per heavy atom. The maximum atomic E-state index is 10.3. The molecule has 3 aromatic carbocycles. The van der Waals surface area contributed by atoms with Gasteiger partial charge in [-0.15, -0.1) is 0 Å². The number of nitrogens with zero attached hydrogens (tertiary/aromatic N) is 2. The standard InChI is InChI=1S/C21H16N2O2/c24-19-11-16(10-17-12-22-14-23-21(17)19)18-8-4-5-9-20(18)25-13-15-6-2-1-3-7-15/h1-12,14,24H,13H2. The molecule has 0 unspecified atom stereocenters. The van der Waals surface area contributed by atoms with Crippen molar-refractivity contribution < 1.29 is 9.84 Å². The number of para-hydroxylation sites is 1. The smallest absolute Gasteiger partial charge is 0.142 e. The normalized spacial score (nSPS) is 10.7. The van der Waals surface area contributed by atoms with Crippen LogP contribution in [0.25, 0.3) is 22.0 Å². The molecule has 0 saturated heterocycles. The summed E-state index contributed by atoms with van der Waals surface area (Å²) in [4.78, 5) is 8.16. The summed E-state index contributed by atoms with van der Waals surface area (Å²) in [5.74, 6) is 0.898. The second-order valence-electron chi connectivity index (χ2n) is 5.73. The number of phenolic OH excluding ortho intramolecular Hbond substituents is 1. The van der Waals surface area contributed by atoms with Gasteiger partial charge in [0.15, 0.2) is 0 Å². The maximum absolute atomic E-state index is 10.3. The molecular weight excluding hydrogens is 312 g/mol. The number of rotatable bonds is 4. The van der Waals surface area contributed by atoms with Crippen LogP contribution in [-0.2, 0) is 6.61 Å². The SMILES string of the molecule is Oc1cc(-c2ccccc2OCc2ccccc2)cc2cncnc12. The zero-order chi connectivity index (χ0) is 17.1. The third kappa shape index (κ3) is 3.15. The Bertz CT molecular complexity index is 1020. The average molecular weight is 328 g/mol. The minimum absolute atomic E-state index is 0.132. The van der Waals surface area contributed by atoms with Crippen molar-refractivity contribution in [3.8, 4) is 22.6 Å². The molecule has 0 bridgehead atoms. The summed E-state index contributed by atoms with van der Waals surface area (Å²) in [6, 6.07) is 21.5. The Kier molecular flexibility index (Phi) is 4.01. The molecule has 0 radical (unpaired) electrons. The zero-order valence-corrected chi connectivity index (χ0v) is 13.5. The third-order valence-electron chi connectivity index (χ3n) is 4.02. The Labute approximate surface area is 145 Å². The lowest BCUT2D eigenvalue weighted by Crippen LogP contribution is -1.96. The van der Waals surface area contributed by atoms with Crippen molar-refractivity contribution in [3.05, 3.63) is 84.8 Å². The fourth-order valence-electron chi connectivity index (χ4n) is 2.81. The van der Waals surface area contributed by atoms with Crippen molar-refractivity contribution in [2.45, 2.75) is 6.61 Å². The molecule has 0 fully saturated rings. The first-order chi connectivity index (χ1) is 12.3. The lowest BCUT2D eigenvalue weighted by atomic mass is 10.0. The average Bonchev–Trinajstić information content (AvgIpc) is 2.67. The van der Waals surface area contributed by atoms with Crippen LogP contribution in [0.3, 0.4) is 0 Å². The number of benzene rings is 3. The molecule has 4 heteroatoms. The van der Waals surface area contributed by atoms with Gasteiger partial charge in [-0.1, -0.05) is 48.5 Å². The molecule has 1 heterocycles. The molecule has 4 rings (SSSR count). The van der Waals surface area contributed by atoms with Crippen LogP contribution in [-0.4, -0.2) is 15.1 Å². The molecule has 0 aliphatic carbocycles. The van der Waals surface area contributed by atoms with Crippen LogP contribution in [0, 0.1) is 0 Å². The van der Waals surface area contributed by atoms with Gasteiger partial charge in [0, 0.05) is 17.1 Å². The first kappa shape index (κ1) is 15.1. The van der Waals surface area contributed by atoms with Crippen LogP contribution >= 0.6 is 0 Å². The van der Waals surface area contributed by atoms with Gasteiger partial charge in [-0.3, -0.25) is 0 Å². The number of aromatic hydroxyl groups is 1. The third-order valence-corrected chi connectivity index (χ3v) is 4.02. The second kappa shape index (κ2) is 6.61. The highest BCUT2D eigenvalue weighted by atomic mass is 16.5. The first-order valence-electron chi connectivity index (χ1n) is 8.00. The minimum Gasteiger partial charge on any atom is -0.506 e. The molecule has 0 aliphatic rings. The molecule has 4 aromatic rings. The summed E-state index contributed by atoms with van der Waals surface area (Å²) in [5.41, 5.74) is 3.43. The zero-order valence-electron chi connectivity index (χ0n) is 13.5. The highest BCUT2D eigenvalue weighted by molar-refractivity contribution is 5.89. The molecule has 0 aliphatic heterocycles. The number of aromatic nitrogens is 2. The van der Waals surface area contributed by atoms with E-state index >= 15 is 0 Å². The van der Waals surface area contributed by atoms with Crippen LogP contribution < -0.4 is 4.74 Å². The lowest BCUT2D eigenvalue weighted by Gasteiger charge is -2.13. The Balaban J connectivity index is 1.71. The molecule has 122 valence electrons. The van der Waals surface area contributed by atoms with Gasteiger partial charge in [0.1, 0.15) is 29.9 Å². The molecule has 1 N–H and O–H groups in total. The molecule has 4 nitrogen and oxygen atoms in total. The van der Waals surface area contributed by atoms with E-state index in [0.29, 0.717) is 12.1 Å². The predicted molar refractivity (Wildman–Crippen MR) is 97.4 cm³/mol. The van der Waals surface area contributed by atoms with Crippen molar-refractivity contribution in [1.82, 2.24) is 9.97 Å². The molecular formula is C21H16N2O2. The molecule has 0 spiro atoms. The van der Waals surface area contributed by atoms with E-state index < -0.39 is 0 Å². The number of phenols is 1. The van der Waals surface area contributed by atoms with Gasteiger partial charge in [-0.25, -0.2) is 9.97 Å². The number of fused-ring (bicyclic) bond motifs is 1. The maximum Gasteiger partial charge on any atom is 0.142 e. The fraction of sp³-hybridized carbons (Fsp3) is 0.0476. The number of hydrogen-bond acceptors (Lipinski definition) is 4. The number of hydrogen-bond donors (Lipinski definition) is 1. The van der Waals surface area contributed by atoms with Crippen LogP contribution in [0.5, 0.6) is 11.5 Å². The molecule has 0 amide bonds. The van der Waals surface area contributed by atoms with Gasteiger partial charge in [-0.2, -0.15) is 0 Å². The lowest BCUT2D eigenvalue weighted by molar-refractivity contribution is 0.307. The monoisotopic (exact) mass is 328 g/mol. The highest BCUT2D eigenvalue weighted by Crippen LogP contribution is 2.35.